The van der Waals surface area contributed by atoms with E-state index >= 15 is 0 Å². The molecule has 3 unspecified atom stereocenters. The molecule has 1 N–H and O–H groups in total. The minimum Gasteiger partial charge on any atom is -0.481 e. The number of ether oxygens (including phenoxy) is 1. The van der Waals surface area contributed by atoms with Gasteiger partial charge in [0.1, 0.15) is 17.3 Å². The van der Waals surface area contributed by atoms with Crippen molar-refractivity contribution in [3.63, 3.8) is 0 Å². The number of hydrogen-bond donors (Lipinski definition) is 1. The summed E-state index contributed by atoms with van der Waals surface area (Å²) < 4.78 is 21.5. The molecular weight excluding hydrogens is 499 g/mol. The Labute approximate surface area is 225 Å². The van der Waals surface area contributed by atoms with Gasteiger partial charge in [-0.1, -0.05) is 25.1 Å². The number of morpholine rings is 1. The van der Waals surface area contributed by atoms with E-state index in [0.717, 1.165) is 41.6 Å². The van der Waals surface area contributed by atoms with Crippen LogP contribution in [0.15, 0.2) is 60.8 Å². The first-order valence-electron chi connectivity index (χ1n) is 13.4. The lowest BCUT2D eigenvalue weighted by molar-refractivity contribution is -0.144. The molecule has 3 atom stereocenters. The van der Waals surface area contributed by atoms with Crippen molar-refractivity contribution in [2.45, 2.75) is 31.8 Å². The van der Waals surface area contributed by atoms with Crippen molar-refractivity contribution < 1.29 is 19.0 Å². The van der Waals surface area contributed by atoms with Crippen molar-refractivity contribution in [3.8, 4) is 11.4 Å². The number of halogens is 1. The maximum Gasteiger partial charge on any atom is 0.306 e. The number of anilines is 1. The number of benzene rings is 1. The Morgan fingerprint density at radius 3 is 2.82 bits per heavy atom. The van der Waals surface area contributed by atoms with Crippen LogP contribution in [0.2, 0.25) is 0 Å². The average molecular weight is 531 g/mol. The average Bonchev–Trinajstić information content (AvgIpc) is 3.40. The van der Waals surface area contributed by atoms with Gasteiger partial charge < -0.3 is 14.7 Å². The predicted molar refractivity (Wildman–Crippen MR) is 144 cm³/mol. The Balaban J connectivity index is 1.35. The summed E-state index contributed by atoms with van der Waals surface area (Å²) >= 11 is 0. The van der Waals surface area contributed by atoms with Gasteiger partial charge in [-0.2, -0.15) is 0 Å². The van der Waals surface area contributed by atoms with Gasteiger partial charge in [0.15, 0.2) is 5.65 Å². The molecule has 0 spiro atoms. The summed E-state index contributed by atoms with van der Waals surface area (Å²) in [5.41, 5.74) is 3.85. The van der Waals surface area contributed by atoms with Gasteiger partial charge in [-0.05, 0) is 67.9 Å². The first-order valence-corrected chi connectivity index (χ1v) is 13.4. The molecule has 10 heteroatoms. The zero-order valence-corrected chi connectivity index (χ0v) is 21.8. The minimum atomic E-state index is -0.745. The normalized spacial score (nSPS) is 22.3. The van der Waals surface area contributed by atoms with Gasteiger partial charge in [-0.15, -0.1) is 5.10 Å². The third kappa shape index (κ3) is 4.97. The molecule has 9 nitrogen and oxygen atoms in total. The Kier molecular flexibility index (Phi) is 6.97. The van der Waals surface area contributed by atoms with E-state index in [1.807, 2.05) is 36.4 Å². The highest BCUT2D eigenvalue weighted by Crippen LogP contribution is 2.35. The minimum absolute atomic E-state index is 0.0621. The Morgan fingerprint density at radius 1 is 1.13 bits per heavy atom. The molecule has 0 bridgehead atoms. The largest absolute Gasteiger partial charge is 0.481 e. The van der Waals surface area contributed by atoms with E-state index in [1.54, 1.807) is 22.8 Å². The second kappa shape index (κ2) is 10.7. The van der Waals surface area contributed by atoms with E-state index in [9.17, 15) is 14.3 Å². The molecule has 3 aromatic heterocycles. The molecule has 2 aliphatic rings. The Hall–Kier alpha value is -3.89. The molecule has 4 aromatic rings. The third-order valence-electron chi connectivity index (χ3n) is 7.85. The maximum atomic E-state index is 14.0. The highest BCUT2D eigenvalue weighted by Gasteiger charge is 2.33. The molecule has 0 radical (unpaired) electrons. The van der Waals surface area contributed by atoms with Gasteiger partial charge >= 0.3 is 5.97 Å². The number of fused-ring (bicyclic) bond motifs is 1. The van der Waals surface area contributed by atoms with Crippen molar-refractivity contribution in [2.24, 2.45) is 5.92 Å². The number of carboxylic acids is 1. The highest BCUT2D eigenvalue weighted by molar-refractivity contribution is 5.70. The maximum absolute atomic E-state index is 14.0. The van der Waals surface area contributed by atoms with Crippen LogP contribution >= 0.6 is 0 Å². The van der Waals surface area contributed by atoms with Crippen LogP contribution < -0.4 is 4.90 Å². The molecule has 2 fully saturated rings. The van der Waals surface area contributed by atoms with Crippen LogP contribution in [0, 0.1) is 11.7 Å². The number of aromatic nitrogens is 4. The molecule has 1 aromatic carbocycles. The molecule has 0 saturated carbocycles. The highest BCUT2D eigenvalue weighted by atomic mass is 19.1. The molecule has 6 rings (SSSR count). The second-order valence-electron chi connectivity index (χ2n) is 10.1. The molecule has 2 aliphatic heterocycles. The fourth-order valence-corrected chi connectivity index (χ4v) is 5.76. The summed E-state index contributed by atoms with van der Waals surface area (Å²) in [6.45, 7) is 5.27. The van der Waals surface area contributed by atoms with Crippen LogP contribution in [0.1, 0.15) is 43.1 Å². The summed E-state index contributed by atoms with van der Waals surface area (Å²) in [5.74, 6) is -0.657. The standard InChI is InChI=1S/C29H31FN6O3/c1-2-34-12-11-20(29(37)38)16-24(34)22-7-4-8-23(32-22)25-17-31-27-9-10-28(33-36(25)27)35-13-14-39-18-26(35)19-5-3-6-21(30)15-19/h3-10,15,17,20,24,26H,2,11-14,16,18H2,1H3,(H,37,38). The summed E-state index contributed by atoms with van der Waals surface area (Å²) in [4.78, 5) is 25.7. The van der Waals surface area contributed by atoms with Crippen molar-refractivity contribution in [3.05, 3.63) is 77.9 Å². The molecule has 0 amide bonds. The number of aliphatic carboxylic acids is 1. The fourth-order valence-electron chi connectivity index (χ4n) is 5.76. The van der Waals surface area contributed by atoms with Crippen molar-refractivity contribution >= 4 is 17.4 Å². The molecule has 39 heavy (non-hydrogen) atoms. The van der Waals surface area contributed by atoms with Crippen LogP contribution in [0.5, 0.6) is 0 Å². The molecule has 202 valence electrons. The zero-order chi connectivity index (χ0) is 26.9. The number of likely N-dealkylation sites (tertiary alicyclic amines) is 1. The van der Waals surface area contributed by atoms with Crippen LogP contribution in [0.4, 0.5) is 10.2 Å². The van der Waals surface area contributed by atoms with E-state index in [4.69, 9.17) is 14.8 Å². The lowest BCUT2D eigenvalue weighted by Crippen LogP contribution is -2.40. The van der Waals surface area contributed by atoms with Crippen molar-refractivity contribution in [1.82, 2.24) is 24.5 Å². The topological polar surface area (TPSA) is 96.1 Å². The number of carbonyl (C=O) groups is 1. The summed E-state index contributed by atoms with van der Waals surface area (Å²) in [6, 6.07) is 16.1. The van der Waals surface area contributed by atoms with Crippen LogP contribution in [-0.4, -0.2) is 68.4 Å². The quantitative estimate of drug-likeness (QED) is 0.393. The summed E-state index contributed by atoms with van der Waals surface area (Å²) in [5, 5.41) is 14.6. The Morgan fingerprint density at radius 2 is 2.00 bits per heavy atom. The zero-order valence-electron chi connectivity index (χ0n) is 21.8. The fraction of sp³-hybridized carbons (Fsp3) is 0.379. The van der Waals surface area contributed by atoms with Gasteiger partial charge in [-0.3, -0.25) is 9.69 Å². The number of hydrogen-bond acceptors (Lipinski definition) is 7. The van der Waals surface area contributed by atoms with Crippen LogP contribution in [-0.2, 0) is 9.53 Å². The third-order valence-corrected chi connectivity index (χ3v) is 7.85. The van der Waals surface area contributed by atoms with Crippen molar-refractivity contribution in [1.29, 1.82) is 0 Å². The van der Waals surface area contributed by atoms with E-state index in [1.165, 1.54) is 6.07 Å². The number of carboxylic acid groups (broad SMARTS) is 1. The first-order chi connectivity index (χ1) is 19.0. The summed E-state index contributed by atoms with van der Waals surface area (Å²) in [7, 11) is 0. The lowest BCUT2D eigenvalue weighted by atomic mass is 9.89. The smallest absolute Gasteiger partial charge is 0.306 e. The molecule has 2 saturated heterocycles. The van der Waals surface area contributed by atoms with Crippen molar-refractivity contribution in [2.75, 3.05) is 37.7 Å². The number of nitrogens with zero attached hydrogens (tertiary/aromatic N) is 6. The Bertz CT molecular complexity index is 1490. The van der Waals surface area contributed by atoms with E-state index in [2.05, 4.69) is 21.7 Å². The van der Waals surface area contributed by atoms with Gasteiger partial charge in [0.2, 0.25) is 0 Å². The number of piperidine rings is 1. The monoisotopic (exact) mass is 530 g/mol. The van der Waals surface area contributed by atoms with E-state index in [0.29, 0.717) is 38.2 Å². The molecular formula is C29H31FN6O3. The number of pyridine rings is 1. The lowest BCUT2D eigenvalue weighted by Gasteiger charge is -2.37. The van der Waals surface area contributed by atoms with E-state index in [-0.39, 0.29) is 23.8 Å². The summed E-state index contributed by atoms with van der Waals surface area (Å²) in [6.07, 6.45) is 2.95. The van der Waals surface area contributed by atoms with Gasteiger partial charge in [-0.25, -0.2) is 18.9 Å². The molecule has 5 heterocycles. The SMILES string of the molecule is CCN1CCC(C(=O)O)CC1c1cccc(-c2cnc3ccc(N4CCOCC4c4cccc(F)c4)nn23)n1. The van der Waals surface area contributed by atoms with Crippen LogP contribution in [0.3, 0.4) is 0 Å². The van der Waals surface area contributed by atoms with E-state index < -0.39 is 5.97 Å². The molecule has 0 aliphatic carbocycles. The van der Waals surface area contributed by atoms with Gasteiger partial charge in [0.25, 0.3) is 0 Å². The van der Waals surface area contributed by atoms with Crippen LogP contribution in [0.25, 0.3) is 17.0 Å². The van der Waals surface area contributed by atoms with Gasteiger partial charge in [0, 0.05) is 6.54 Å². The second-order valence-corrected chi connectivity index (χ2v) is 10.1. The van der Waals surface area contributed by atoms with Gasteiger partial charge in [0.05, 0.1) is 48.8 Å². The number of rotatable bonds is 6. The number of imidazole rings is 1. The predicted octanol–water partition coefficient (Wildman–Crippen LogP) is 4.37. The first kappa shape index (κ1) is 25.4.